The minimum absolute atomic E-state index is 0.0913. The van der Waals surface area contributed by atoms with E-state index >= 15 is 0 Å². The molecule has 0 saturated heterocycles. The van der Waals surface area contributed by atoms with Crippen molar-refractivity contribution in [1.29, 1.82) is 0 Å². The zero-order valence-electron chi connectivity index (χ0n) is 18.6. The molecular weight excluding hydrogens is 414 g/mol. The van der Waals surface area contributed by atoms with Crippen LogP contribution in [0, 0.1) is 0 Å². The Kier molecular flexibility index (Phi) is 6.74. The maximum absolute atomic E-state index is 13.4. The van der Waals surface area contributed by atoms with E-state index in [0.29, 0.717) is 29.7 Å². The maximum Gasteiger partial charge on any atom is 0.264 e. The number of nitrogens with two attached hydrogens (primary N) is 1. The summed E-state index contributed by atoms with van der Waals surface area (Å²) in [6.07, 6.45) is 1.64. The number of aromatic nitrogens is 1. The van der Waals surface area contributed by atoms with Crippen molar-refractivity contribution in [3.63, 3.8) is 0 Å². The van der Waals surface area contributed by atoms with Gasteiger partial charge in [0.25, 0.3) is 11.5 Å². The minimum atomic E-state index is -0.387. The molecule has 0 aliphatic heterocycles. The second-order valence-corrected chi connectivity index (χ2v) is 7.92. The third-order valence-corrected chi connectivity index (χ3v) is 5.69. The summed E-state index contributed by atoms with van der Waals surface area (Å²) in [4.78, 5) is 26.3. The third-order valence-electron chi connectivity index (χ3n) is 5.69. The van der Waals surface area contributed by atoms with Gasteiger partial charge >= 0.3 is 0 Å². The Morgan fingerprint density at radius 2 is 1.73 bits per heavy atom. The lowest BCUT2D eigenvalue weighted by atomic mass is 10.1. The molecule has 0 aliphatic carbocycles. The van der Waals surface area contributed by atoms with Gasteiger partial charge in [0, 0.05) is 17.6 Å². The molecule has 33 heavy (non-hydrogen) atoms. The van der Waals surface area contributed by atoms with Crippen LogP contribution in [-0.2, 0) is 13.0 Å². The third kappa shape index (κ3) is 5.06. The summed E-state index contributed by atoms with van der Waals surface area (Å²) in [5.74, 6) is 0.352. The number of hydrogen-bond donors (Lipinski definition) is 2. The predicted molar refractivity (Wildman–Crippen MR) is 132 cm³/mol. The van der Waals surface area contributed by atoms with E-state index in [1.807, 2.05) is 54.6 Å². The summed E-state index contributed by atoms with van der Waals surface area (Å²) in [6.45, 7) is 0.797. The molecule has 0 unspecified atom stereocenters. The van der Waals surface area contributed by atoms with Gasteiger partial charge in [0.15, 0.2) is 0 Å². The molecule has 168 valence electrons. The van der Waals surface area contributed by atoms with Crippen molar-refractivity contribution in [3.05, 3.63) is 106 Å². The van der Waals surface area contributed by atoms with Gasteiger partial charge in [-0.05, 0) is 54.3 Å². The zero-order valence-corrected chi connectivity index (χ0v) is 18.6. The molecule has 1 amide bonds. The number of anilines is 1. The van der Waals surface area contributed by atoms with Gasteiger partial charge in [-0.2, -0.15) is 0 Å². The molecule has 0 radical (unpaired) electrons. The van der Waals surface area contributed by atoms with Crippen LogP contribution in [0.2, 0.25) is 0 Å². The van der Waals surface area contributed by atoms with E-state index in [2.05, 4.69) is 17.4 Å². The quantitative estimate of drug-likeness (QED) is 0.320. The van der Waals surface area contributed by atoms with Gasteiger partial charge in [0.05, 0.1) is 19.2 Å². The van der Waals surface area contributed by atoms with Crippen molar-refractivity contribution in [2.75, 3.05) is 19.4 Å². The van der Waals surface area contributed by atoms with Crippen LogP contribution in [0.4, 0.5) is 5.69 Å². The molecule has 0 spiro atoms. The largest absolute Gasteiger partial charge is 0.497 e. The van der Waals surface area contributed by atoms with Crippen molar-refractivity contribution < 1.29 is 9.53 Å². The van der Waals surface area contributed by atoms with Crippen LogP contribution < -0.4 is 21.3 Å². The lowest BCUT2D eigenvalue weighted by Crippen LogP contribution is -2.34. The smallest absolute Gasteiger partial charge is 0.264 e. The Balaban J connectivity index is 1.59. The number of amides is 1. The number of nitrogens with one attached hydrogen (secondary N) is 1. The number of methoxy groups -OCH3 is 1. The maximum atomic E-state index is 13.4. The van der Waals surface area contributed by atoms with E-state index in [1.165, 1.54) is 5.56 Å². The first-order chi connectivity index (χ1) is 16.1. The fourth-order valence-electron chi connectivity index (χ4n) is 3.89. The van der Waals surface area contributed by atoms with Gasteiger partial charge in [0.1, 0.15) is 11.3 Å². The van der Waals surface area contributed by atoms with Crippen molar-refractivity contribution in [3.8, 4) is 5.75 Å². The number of carbonyl (C=O) groups is 1. The van der Waals surface area contributed by atoms with E-state index in [9.17, 15) is 9.59 Å². The molecule has 6 nitrogen and oxygen atoms in total. The lowest BCUT2D eigenvalue weighted by Gasteiger charge is -2.15. The second-order valence-electron chi connectivity index (χ2n) is 7.92. The number of benzene rings is 3. The predicted octanol–water partition coefficient (Wildman–Crippen LogP) is 4.00. The van der Waals surface area contributed by atoms with Crippen molar-refractivity contribution >= 4 is 22.5 Å². The molecule has 4 aromatic rings. The number of fused-ring (bicyclic) bond motifs is 1. The van der Waals surface area contributed by atoms with Crippen molar-refractivity contribution in [2.24, 2.45) is 0 Å². The lowest BCUT2D eigenvalue weighted by molar-refractivity contribution is 0.0951. The van der Waals surface area contributed by atoms with Crippen molar-refractivity contribution in [1.82, 2.24) is 9.88 Å². The first-order valence-electron chi connectivity index (χ1n) is 10.9. The normalized spacial score (nSPS) is 10.8. The fraction of sp³-hybridized carbons (Fsp3) is 0.185. The first-order valence-corrected chi connectivity index (χ1v) is 10.9. The van der Waals surface area contributed by atoms with Gasteiger partial charge in [-0.15, -0.1) is 0 Å². The van der Waals surface area contributed by atoms with Crippen LogP contribution in [0.25, 0.3) is 10.9 Å². The standard InChI is InChI=1S/C27H27N3O3/c1-33-21-14-12-20(13-15-21)18-30-25-11-5-10-24(28)22(25)17-23(27(30)32)26(31)29-16-6-9-19-7-3-2-4-8-19/h2-5,7-8,10-15,17H,6,9,16,18,28H2,1H3,(H,29,31). The molecule has 0 atom stereocenters. The van der Waals surface area contributed by atoms with Gasteiger partial charge in [0.2, 0.25) is 0 Å². The Morgan fingerprint density at radius 1 is 0.970 bits per heavy atom. The summed E-state index contributed by atoms with van der Waals surface area (Å²) in [6, 6.07) is 24.6. The molecular formula is C27H27N3O3. The van der Waals surface area contributed by atoms with Crippen LogP contribution in [0.1, 0.15) is 27.9 Å². The van der Waals surface area contributed by atoms with E-state index in [-0.39, 0.29) is 17.0 Å². The number of hydrogen-bond acceptors (Lipinski definition) is 4. The Labute approximate surface area is 192 Å². The number of aryl methyl sites for hydroxylation is 1. The van der Waals surface area contributed by atoms with Gasteiger partial charge < -0.3 is 20.4 Å². The van der Waals surface area contributed by atoms with Crippen molar-refractivity contribution in [2.45, 2.75) is 19.4 Å². The SMILES string of the molecule is COc1ccc(Cn2c(=O)c(C(=O)NCCCc3ccccc3)cc3c(N)cccc32)cc1. The number of ether oxygens (including phenoxy) is 1. The number of nitrogen functional groups attached to an aromatic ring is 1. The van der Waals surface area contributed by atoms with Crippen LogP contribution >= 0.6 is 0 Å². The van der Waals surface area contributed by atoms with Crippen LogP contribution in [0.5, 0.6) is 5.75 Å². The second kappa shape index (κ2) is 10.0. The molecule has 3 aromatic carbocycles. The molecule has 3 N–H and O–H groups in total. The van der Waals surface area contributed by atoms with Gasteiger partial charge in [-0.25, -0.2) is 0 Å². The van der Waals surface area contributed by atoms with Crippen LogP contribution in [-0.4, -0.2) is 24.1 Å². The highest BCUT2D eigenvalue weighted by Crippen LogP contribution is 2.22. The average Bonchev–Trinajstić information content (AvgIpc) is 2.84. The minimum Gasteiger partial charge on any atom is -0.497 e. The number of carbonyl (C=O) groups excluding carboxylic acids is 1. The summed E-state index contributed by atoms with van der Waals surface area (Å²) in [5.41, 5.74) is 9.29. The molecule has 0 bridgehead atoms. The highest BCUT2D eigenvalue weighted by Gasteiger charge is 2.17. The Bertz CT molecular complexity index is 1310. The average molecular weight is 442 g/mol. The Morgan fingerprint density at radius 3 is 2.45 bits per heavy atom. The summed E-state index contributed by atoms with van der Waals surface area (Å²) in [7, 11) is 1.61. The monoisotopic (exact) mass is 441 g/mol. The molecule has 4 rings (SSSR count). The first kappa shape index (κ1) is 22.1. The molecule has 1 aromatic heterocycles. The summed E-state index contributed by atoms with van der Waals surface area (Å²) >= 11 is 0. The Hall–Kier alpha value is -4.06. The summed E-state index contributed by atoms with van der Waals surface area (Å²) < 4.78 is 6.82. The topological polar surface area (TPSA) is 86.3 Å². The van der Waals surface area contributed by atoms with E-state index in [0.717, 1.165) is 24.2 Å². The van der Waals surface area contributed by atoms with Gasteiger partial charge in [-0.3, -0.25) is 9.59 Å². The van der Waals surface area contributed by atoms with E-state index < -0.39 is 0 Å². The molecule has 0 fully saturated rings. The molecule has 6 heteroatoms. The molecule has 1 heterocycles. The zero-order chi connectivity index (χ0) is 23.2. The van der Waals surface area contributed by atoms with Gasteiger partial charge in [-0.1, -0.05) is 48.5 Å². The number of rotatable bonds is 8. The molecule has 0 aliphatic rings. The fourth-order valence-corrected chi connectivity index (χ4v) is 3.89. The number of pyridine rings is 1. The number of nitrogens with zero attached hydrogens (tertiary/aromatic N) is 1. The van der Waals surface area contributed by atoms with Crippen LogP contribution in [0.15, 0.2) is 83.7 Å². The van der Waals surface area contributed by atoms with Crippen LogP contribution in [0.3, 0.4) is 0 Å². The highest BCUT2D eigenvalue weighted by atomic mass is 16.5. The molecule has 0 saturated carbocycles. The highest BCUT2D eigenvalue weighted by molar-refractivity contribution is 6.00. The van der Waals surface area contributed by atoms with E-state index in [1.54, 1.807) is 23.8 Å². The van der Waals surface area contributed by atoms with E-state index in [4.69, 9.17) is 10.5 Å². The summed E-state index contributed by atoms with van der Waals surface area (Å²) in [5, 5.41) is 3.57.